The molecule has 0 aliphatic carbocycles. The molecule has 0 spiro atoms. The summed E-state index contributed by atoms with van der Waals surface area (Å²) >= 11 is 0. The molecule has 2 unspecified atom stereocenters. The summed E-state index contributed by atoms with van der Waals surface area (Å²) in [5.74, 6) is -1.47. The van der Waals surface area contributed by atoms with Gasteiger partial charge in [0.25, 0.3) is 0 Å². The third-order valence-corrected chi connectivity index (χ3v) is 9.85. The summed E-state index contributed by atoms with van der Waals surface area (Å²) in [4.78, 5) is 36.9. The van der Waals surface area contributed by atoms with Crippen molar-refractivity contribution in [2.75, 3.05) is 41.0 Å². The lowest BCUT2D eigenvalue weighted by molar-refractivity contribution is -0.887. The number of esters is 2. The minimum atomic E-state index is -0.875. The number of nitrogens with zero attached hydrogens (tertiary/aromatic N) is 1. The van der Waals surface area contributed by atoms with Gasteiger partial charge in [0.1, 0.15) is 6.61 Å². The summed E-state index contributed by atoms with van der Waals surface area (Å²) in [5.41, 5.74) is 0. The second-order valence-corrected chi connectivity index (χ2v) is 16.0. The van der Waals surface area contributed by atoms with Gasteiger partial charge in [-0.15, -0.1) is 0 Å². The Labute approximate surface area is 326 Å². The number of rotatable bonds is 39. The number of ether oxygens (including phenoxy) is 3. The van der Waals surface area contributed by atoms with E-state index >= 15 is 0 Å². The van der Waals surface area contributed by atoms with E-state index in [4.69, 9.17) is 14.2 Å². The first-order chi connectivity index (χ1) is 25.6. The molecule has 0 amide bonds. The van der Waals surface area contributed by atoms with E-state index in [1.165, 1.54) is 109 Å². The van der Waals surface area contributed by atoms with Crippen LogP contribution in [0.1, 0.15) is 194 Å². The Balaban J connectivity index is 4.34. The Bertz CT molecular complexity index is 926. The average molecular weight is 751 g/mol. The number of carbonyl (C=O) groups is 3. The molecule has 0 radical (unpaired) electrons. The van der Waals surface area contributed by atoms with Gasteiger partial charge in [0.15, 0.2) is 12.1 Å². The van der Waals surface area contributed by atoms with Crippen molar-refractivity contribution in [3.63, 3.8) is 0 Å². The molecule has 0 aromatic heterocycles. The molecule has 2 atom stereocenters. The van der Waals surface area contributed by atoms with Crippen LogP contribution in [0.4, 0.5) is 0 Å². The highest BCUT2D eigenvalue weighted by molar-refractivity contribution is 5.72. The van der Waals surface area contributed by atoms with Crippen molar-refractivity contribution in [2.24, 2.45) is 0 Å². The van der Waals surface area contributed by atoms with E-state index in [0.717, 1.165) is 51.4 Å². The summed E-state index contributed by atoms with van der Waals surface area (Å²) in [6.45, 7) is 4.71. The number of unbranched alkanes of at least 4 members (excludes halogenated alkanes) is 21. The zero-order chi connectivity index (χ0) is 39.3. The number of carboxylic acid groups (broad SMARTS) is 1. The molecule has 8 heteroatoms. The predicted molar refractivity (Wildman–Crippen MR) is 220 cm³/mol. The molecule has 310 valence electrons. The number of carbonyl (C=O) groups excluding carboxylic acids is 2. The van der Waals surface area contributed by atoms with Crippen LogP contribution in [0.5, 0.6) is 0 Å². The van der Waals surface area contributed by atoms with E-state index in [0.29, 0.717) is 19.3 Å². The summed E-state index contributed by atoms with van der Waals surface area (Å²) in [6, 6.07) is -0.612. The number of aliphatic carboxylic acids is 1. The first-order valence-electron chi connectivity index (χ1n) is 21.9. The third kappa shape index (κ3) is 35.3. The average Bonchev–Trinajstić information content (AvgIpc) is 3.11. The van der Waals surface area contributed by atoms with E-state index in [-0.39, 0.29) is 36.2 Å². The highest BCUT2D eigenvalue weighted by Crippen LogP contribution is 2.15. The van der Waals surface area contributed by atoms with E-state index in [2.05, 4.69) is 38.2 Å². The van der Waals surface area contributed by atoms with Gasteiger partial charge in [-0.25, -0.2) is 4.79 Å². The summed E-state index contributed by atoms with van der Waals surface area (Å²) in [5, 5.41) is 9.61. The van der Waals surface area contributed by atoms with E-state index in [1.807, 2.05) is 21.1 Å². The van der Waals surface area contributed by atoms with Crippen molar-refractivity contribution >= 4 is 17.9 Å². The Kier molecular flexibility index (Phi) is 35.2. The smallest absolute Gasteiger partial charge is 0.362 e. The quantitative estimate of drug-likeness (QED) is 0.0289. The number of hydrogen-bond donors (Lipinski definition) is 1. The van der Waals surface area contributed by atoms with Crippen LogP contribution < -0.4 is 0 Å². The van der Waals surface area contributed by atoms with Crippen LogP contribution in [0, 0.1) is 0 Å². The van der Waals surface area contributed by atoms with E-state index in [1.54, 1.807) is 0 Å². The van der Waals surface area contributed by atoms with Gasteiger partial charge >= 0.3 is 17.9 Å². The van der Waals surface area contributed by atoms with Crippen LogP contribution in [0.2, 0.25) is 0 Å². The molecule has 0 saturated heterocycles. The van der Waals surface area contributed by atoms with Crippen LogP contribution in [0.3, 0.4) is 0 Å². The van der Waals surface area contributed by atoms with E-state index in [9.17, 15) is 19.5 Å². The lowest BCUT2D eigenvalue weighted by Crippen LogP contribution is -2.50. The zero-order valence-corrected chi connectivity index (χ0v) is 35.2. The molecule has 8 nitrogen and oxygen atoms in total. The SMILES string of the molecule is CCCCC/C=C\C/C=C\CCCCCCCCCC(=O)OC(COCCC(C(=O)O)[N+](C)(C)C)COC(=O)CCCCCCCCCCCCCC. The van der Waals surface area contributed by atoms with Gasteiger partial charge in [-0.1, -0.05) is 154 Å². The van der Waals surface area contributed by atoms with Gasteiger partial charge < -0.3 is 23.8 Å². The van der Waals surface area contributed by atoms with E-state index < -0.39 is 18.1 Å². The maximum absolute atomic E-state index is 12.7. The van der Waals surface area contributed by atoms with Gasteiger partial charge in [-0.2, -0.15) is 0 Å². The molecule has 0 heterocycles. The number of carboxylic acids is 1. The fourth-order valence-electron chi connectivity index (χ4n) is 6.42. The summed E-state index contributed by atoms with van der Waals surface area (Å²) in [6.07, 6.45) is 39.2. The van der Waals surface area contributed by atoms with Crippen LogP contribution >= 0.6 is 0 Å². The molecule has 0 aliphatic rings. The van der Waals surface area contributed by atoms with Crippen molar-refractivity contribution in [3.05, 3.63) is 24.3 Å². The predicted octanol–water partition coefficient (Wildman–Crippen LogP) is 11.7. The third-order valence-electron chi connectivity index (χ3n) is 9.85. The normalized spacial score (nSPS) is 13.2. The van der Waals surface area contributed by atoms with Crippen molar-refractivity contribution in [1.82, 2.24) is 0 Å². The minimum absolute atomic E-state index is 0.0501. The molecule has 0 bridgehead atoms. The number of likely N-dealkylation sites (N-methyl/N-ethyl adjacent to an activating group) is 1. The second kappa shape index (κ2) is 36.8. The first-order valence-corrected chi connectivity index (χ1v) is 21.9. The van der Waals surface area contributed by atoms with Crippen molar-refractivity contribution in [3.8, 4) is 0 Å². The number of hydrogen-bond acceptors (Lipinski definition) is 6. The largest absolute Gasteiger partial charge is 0.477 e. The molecule has 0 aromatic rings. The minimum Gasteiger partial charge on any atom is -0.477 e. The Morgan fingerprint density at radius 1 is 0.566 bits per heavy atom. The topological polar surface area (TPSA) is 99.1 Å². The molecule has 1 N–H and O–H groups in total. The zero-order valence-electron chi connectivity index (χ0n) is 35.2. The van der Waals surface area contributed by atoms with Crippen LogP contribution in [-0.4, -0.2) is 80.6 Å². The molecule has 53 heavy (non-hydrogen) atoms. The Hall–Kier alpha value is -2.19. The molecule has 0 rings (SSSR count). The lowest BCUT2D eigenvalue weighted by Gasteiger charge is -2.31. The van der Waals surface area contributed by atoms with Crippen molar-refractivity contribution in [1.29, 1.82) is 0 Å². The fourth-order valence-corrected chi connectivity index (χ4v) is 6.42. The van der Waals surface area contributed by atoms with Gasteiger partial charge in [0.05, 0.1) is 34.4 Å². The van der Waals surface area contributed by atoms with Gasteiger partial charge in [0.2, 0.25) is 0 Å². The molecule has 0 aliphatic heterocycles. The van der Waals surface area contributed by atoms with Crippen LogP contribution in [0.25, 0.3) is 0 Å². The van der Waals surface area contributed by atoms with Gasteiger partial charge in [-0.3, -0.25) is 9.59 Å². The highest BCUT2D eigenvalue weighted by Gasteiger charge is 2.31. The molecule has 0 saturated carbocycles. The van der Waals surface area contributed by atoms with Gasteiger partial charge in [-0.05, 0) is 44.9 Å². The molecular weight excluding hydrogens is 666 g/mol. The highest BCUT2D eigenvalue weighted by atomic mass is 16.6. The summed E-state index contributed by atoms with van der Waals surface area (Å²) in [7, 11) is 5.53. The Morgan fingerprint density at radius 2 is 1.00 bits per heavy atom. The Morgan fingerprint density at radius 3 is 1.49 bits per heavy atom. The lowest BCUT2D eigenvalue weighted by atomic mass is 10.0. The van der Waals surface area contributed by atoms with Crippen molar-refractivity contribution < 1.29 is 38.2 Å². The fraction of sp³-hybridized carbons (Fsp3) is 0.844. The molecule has 0 fully saturated rings. The number of allylic oxidation sites excluding steroid dienone is 4. The van der Waals surface area contributed by atoms with Crippen molar-refractivity contribution in [2.45, 2.75) is 206 Å². The standard InChI is InChI=1S/C45H83NO7/c1-6-8-10-12-14-16-18-20-21-22-23-24-26-28-30-32-34-36-44(48)53-41(39-51-38-37-42(45(49)50)46(3,4)5)40-52-43(47)35-33-31-29-27-25-19-17-15-13-11-9-7-2/h14,16,20-21,41-42H,6-13,15,17-19,22-40H2,1-5H3/p+1/b16-14-,21-20-. The number of quaternary nitrogens is 1. The van der Waals surface area contributed by atoms with Crippen LogP contribution in [-0.2, 0) is 28.6 Å². The monoisotopic (exact) mass is 751 g/mol. The maximum Gasteiger partial charge on any atom is 0.362 e. The maximum atomic E-state index is 12.7. The van der Waals surface area contributed by atoms with Gasteiger partial charge in [0, 0.05) is 19.3 Å². The first kappa shape index (κ1) is 50.8. The second-order valence-electron chi connectivity index (χ2n) is 16.0. The molecule has 0 aromatic carbocycles. The molecular formula is C45H84NO7+. The summed E-state index contributed by atoms with van der Waals surface area (Å²) < 4.78 is 17.3. The van der Waals surface area contributed by atoms with Crippen LogP contribution in [0.15, 0.2) is 24.3 Å².